The van der Waals surface area contributed by atoms with Crippen LogP contribution in [0.25, 0.3) is 0 Å². The van der Waals surface area contributed by atoms with Gasteiger partial charge in [0.1, 0.15) is 6.54 Å². The Kier molecular flexibility index (Phi) is 4.77. The van der Waals surface area contributed by atoms with Crippen LogP contribution in [0.5, 0.6) is 0 Å². The smallest absolute Gasteiger partial charge is 0.315 e. The predicted octanol–water partition coefficient (Wildman–Crippen LogP) is 2.03. The fourth-order valence-electron chi connectivity index (χ4n) is 2.38. The van der Waals surface area contributed by atoms with E-state index in [4.69, 9.17) is 0 Å². The summed E-state index contributed by atoms with van der Waals surface area (Å²) >= 11 is 1.65. The molecular formula is C14H21N3O2S. The normalized spacial score (nSPS) is 17.4. The minimum absolute atomic E-state index is 0.0597. The van der Waals surface area contributed by atoms with E-state index in [-0.39, 0.29) is 24.5 Å². The summed E-state index contributed by atoms with van der Waals surface area (Å²) in [4.78, 5) is 30.5. The Bertz CT molecular complexity index is 473. The first-order chi connectivity index (χ1) is 9.54. The fourth-order valence-corrected chi connectivity index (χ4v) is 3.29. The molecule has 1 aromatic rings. The lowest BCUT2D eigenvalue weighted by molar-refractivity contribution is -0.125. The summed E-state index contributed by atoms with van der Waals surface area (Å²) in [5.41, 5.74) is 0. The Morgan fingerprint density at radius 3 is 2.70 bits per heavy atom. The third-order valence-electron chi connectivity index (χ3n) is 3.47. The van der Waals surface area contributed by atoms with Gasteiger partial charge in [-0.25, -0.2) is 4.79 Å². The van der Waals surface area contributed by atoms with Gasteiger partial charge in [-0.3, -0.25) is 9.69 Å². The van der Waals surface area contributed by atoms with Gasteiger partial charge in [0.15, 0.2) is 0 Å². The molecule has 5 nitrogen and oxygen atoms in total. The predicted molar refractivity (Wildman–Crippen MR) is 79.7 cm³/mol. The van der Waals surface area contributed by atoms with Crippen molar-refractivity contribution in [3.63, 3.8) is 0 Å². The number of hydrogen-bond donors (Lipinski definition) is 0. The molecule has 0 bridgehead atoms. The average Bonchev–Trinajstić information content (AvgIpc) is 2.99. The van der Waals surface area contributed by atoms with E-state index in [0.29, 0.717) is 13.1 Å². The van der Waals surface area contributed by atoms with Crippen LogP contribution in [-0.4, -0.2) is 60.4 Å². The number of thiophene rings is 1. The lowest BCUT2D eigenvalue weighted by Gasteiger charge is -2.27. The van der Waals surface area contributed by atoms with Crippen LogP contribution >= 0.6 is 11.3 Å². The van der Waals surface area contributed by atoms with E-state index in [9.17, 15) is 9.59 Å². The van der Waals surface area contributed by atoms with Crippen molar-refractivity contribution in [1.82, 2.24) is 14.7 Å². The van der Waals surface area contributed by atoms with Gasteiger partial charge in [-0.15, -0.1) is 11.3 Å². The van der Waals surface area contributed by atoms with Gasteiger partial charge in [0.05, 0.1) is 12.6 Å². The summed E-state index contributed by atoms with van der Waals surface area (Å²) in [7, 11) is 3.94. The molecule has 2 rings (SSSR count). The average molecular weight is 295 g/mol. The Morgan fingerprint density at radius 1 is 1.40 bits per heavy atom. The van der Waals surface area contributed by atoms with E-state index in [1.807, 2.05) is 38.5 Å². The van der Waals surface area contributed by atoms with Gasteiger partial charge >= 0.3 is 6.03 Å². The molecule has 0 N–H and O–H groups in total. The van der Waals surface area contributed by atoms with Crippen molar-refractivity contribution in [2.45, 2.75) is 19.4 Å². The van der Waals surface area contributed by atoms with E-state index in [2.05, 4.69) is 4.90 Å². The summed E-state index contributed by atoms with van der Waals surface area (Å²) in [6.07, 6.45) is 0.870. The summed E-state index contributed by atoms with van der Waals surface area (Å²) in [5.74, 6) is -0.0909. The minimum atomic E-state index is -0.153. The van der Waals surface area contributed by atoms with Gasteiger partial charge in [-0.1, -0.05) is 13.0 Å². The molecule has 1 aliphatic rings. The highest BCUT2D eigenvalue weighted by molar-refractivity contribution is 7.10. The quantitative estimate of drug-likeness (QED) is 0.754. The van der Waals surface area contributed by atoms with Crippen LogP contribution in [0.15, 0.2) is 17.5 Å². The SMILES string of the molecule is CCCN1CC(=O)N(C[C@H](c2cccs2)N(C)C)C1=O. The Balaban J connectivity index is 2.11. The molecule has 1 fully saturated rings. The Labute approximate surface area is 123 Å². The molecule has 0 aliphatic carbocycles. The summed E-state index contributed by atoms with van der Waals surface area (Å²) in [6.45, 7) is 3.30. The summed E-state index contributed by atoms with van der Waals surface area (Å²) in [6, 6.07) is 3.95. The van der Waals surface area contributed by atoms with Gasteiger partial charge in [0, 0.05) is 11.4 Å². The lowest BCUT2D eigenvalue weighted by atomic mass is 10.2. The number of amides is 3. The van der Waals surface area contributed by atoms with Crippen LogP contribution in [-0.2, 0) is 4.79 Å². The second-order valence-electron chi connectivity index (χ2n) is 5.20. The molecule has 1 aromatic heterocycles. The van der Waals surface area contributed by atoms with Gasteiger partial charge in [0.25, 0.3) is 0 Å². The minimum Gasteiger partial charge on any atom is -0.315 e. The molecule has 0 aromatic carbocycles. The number of carbonyl (C=O) groups excluding carboxylic acids is 2. The summed E-state index contributed by atoms with van der Waals surface area (Å²) in [5, 5.41) is 2.02. The van der Waals surface area contributed by atoms with Gasteiger partial charge in [0.2, 0.25) is 5.91 Å². The highest BCUT2D eigenvalue weighted by Gasteiger charge is 2.37. The van der Waals surface area contributed by atoms with E-state index < -0.39 is 0 Å². The lowest BCUT2D eigenvalue weighted by Crippen LogP contribution is -2.39. The number of hydrogen-bond acceptors (Lipinski definition) is 4. The Hall–Kier alpha value is -1.40. The molecule has 2 heterocycles. The van der Waals surface area contributed by atoms with Gasteiger partial charge in [-0.05, 0) is 32.0 Å². The van der Waals surface area contributed by atoms with Crippen molar-refractivity contribution in [3.8, 4) is 0 Å². The van der Waals surface area contributed by atoms with Crippen molar-refractivity contribution in [3.05, 3.63) is 22.4 Å². The van der Waals surface area contributed by atoms with E-state index >= 15 is 0 Å². The van der Waals surface area contributed by atoms with Crippen molar-refractivity contribution in [1.29, 1.82) is 0 Å². The number of urea groups is 1. The number of carbonyl (C=O) groups is 2. The van der Waals surface area contributed by atoms with Crippen LogP contribution in [0.1, 0.15) is 24.3 Å². The standard InChI is InChI=1S/C14H21N3O2S/c1-4-7-16-10-13(18)17(14(16)19)9-11(15(2)3)12-6-5-8-20-12/h5-6,8,11H,4,7,9-10H2,1-3H3/t11-/m1/s1. The zero-order valence-electron chi connectivity index (χ0n) is 12.2. The van der Waals surface area contributed by atoms with Crippen molar-refractivity contribution >= 4 is 23.3 Å². The second kappa shape index (κ2) is 6.37. The molecule has 0 unspecified atom stereocenters. The molecule has 0 saturated carbocycles. The first-order valence-electron chi connectivity index (χ1n) is 6.83. The zero-order valence-corrected chi connectivity index (χ0v) is 13.0. The number of rotatable bonds is 6. The van der Waals surface area contributed by atoms with Crippen LogP contribution in [0.2, 0.25) is 0 Å². The van der Waals surface area contributed by atoms with E-state index in [0.717, 1.165) is 6.42 Å². The largest absolute Gasteiger partial charge is 0.327 e. The molecule has 110 valence electrons. The highest BCUT2D eigenvalue weighted by Crippen LogP contribution is 2.25. The topological polar surface area (TPSA) is 43.9 Å². The first-order valence-corrected chi connectivity index (χ1v) is 7.71. The van der Waals surface area contributed by atoms with Crippen LogP contribution in [0, 0.1) is 0 Å². The fraction of sp³-hybridized carbons (Fsp3) is 0.571. The highest BCUT2D eigenvalue weighted by atomic mass is 32.1. The summed E-state index contributed by atoms with van der Waals surface area (Å²) < 4.78 is 0. The molecule has 20 heavy (non-hydrogen) atoms. The Morgan fingerprint density at radius 2 is 2.15 bits per heavy atom. The number of imide groups is 1. The maximum absolute atomic E-state index is 12.2. The first kappa shape index (κ1) is 15.0. The second-order valence-corrected chi connectivity index (χ2v) is 6.18. The third kappa shape index (κ3) is 3.02. The molecular weight excluding hydrogens is 274 g/mol. The maximum Gasteiger partial charge on any atom is 0.327 e. The van der Waals surface area contributed by atoms with Crippen molar-refractivity contribution < 1.29 is 9.59 Å². The monoisotopic (exact) mass is 295 g/mol. The number of likely N-dealkylation sites (N-methyl/N-ethyl adjacent to an activating group) is 1. The van der Waals surface area contributed by atoms with Crippen LogP contribution < -0.4 is 0 Å². The molecule has 0 spiro atoms. The van der Waals surface area contributed by atoms with Gasteiger partial charge < -0.3 is 9.80 Å². The molecule has 3 amide bonds. The van der Waals surface area contributed by atoms with Crippen molar-refractivity contribution in [2.24, 2.45) is 0 Å². The third-order valence-corrected chi connectivity index (χ3v) is 4.45. The maximum atomic E-state index is 12.2. The zero-order chi connectivity index (χ0) is 14.7. The molecule has 1 saturated heterocycles. The molecule has 1 atom stereocenters. The van der Waals surface area contributed by atoms with Gasteiger partial charge in [-0.2, -0.15) is 0 Å². The van der Waals surface area contributed by atoms with Crippen LogP contribution in [0.3, 0.4) is 0 Å². The van der Waals surface area contributed by atoms with Crippen molar-refractivity contribution in [2.75, 3.05) is 33.7 Å². The molecule has 6 heteroatoms. The van der Waals surface area contributed by atoms with Crippen LogP contribution in [0.4, 0.5) is 4.79 Å². The number of nitrogens with zero attached hydrogens (tertiary/aromatic N) is 3. The van der Waals surface area contributed by atoms with E-state index in [1.54, 1.807) is 16.2 Å². The molecule has 1 aliphatic heterocycles. The molecule has 0 radical (unpaired) electrons. The van der Waals surface area contributed by atoms with E-state index in [1.165, 1.54) is 9.78 Å².